The van der Waals surface area contributed by atoms with Gasteiger partial charge in [0.25, 0.3) is 0 Å². The lowest BCUT2D eigenvalue weighted by Gasteiger charge is -2.21. The summed E-state index contributed by atoms with van der Waals surface area (Å²) in [6.45, 7) is 10.2. The molecule has 0 fully saturated rings. The summed E-state index contributed by atoms with van der Waals surface area (Å²) in [4.78, 5) is 23.4. The molecule has 110 valence electrons. The smallest absolute Gasteiger partial charge is 0.328 e. The van der Waals surface area contributed by atoms with E-state index < -0.39 is 12.0 Å². The maximum absolute atomic E-state index is 11.8. The molecule has 0 heterocycles. The molecule has 0 bridgehead atoms. The van der Waals surface area contributed by atoms with E-state index in [1.165, 1.54) is 7.11 Å². The van der Waals surface area contributed by atoms with Crippen LogP contribution in [0.2, 0.25) is 0 Å². The molecular formula is C14H25NO4. The van der Waals surface area contributed by atoms with Crippen LogP contribution in [0.1, 0.15) is 33.6 Å². The Bertz CT molecular complexity index is 307. The van der Waals surface area contributed by atoms with Gasteiger partial charge in [0.15, 0.2) is 0 Å². The number of rotatable bonds is 8. The Hall–Kier alpha value is -1.36. The molecule has 1 N–H and O–H groups in total. The fraction of sp³-hybridized carbons (Fsp3) is 0.714. The summed E-state index contributed by atoms with van der Waals surface area (Å²) >= 11 is 0. The molecule has 0 rings (SSSR count). The lowest BCUT2D eigenvalue weighted by molar-refractivity contribution is -0.145. The van der Waals surface area contributed by atoms with Crippen LogP contribution < -0.4 is 5.32 Å². The third-order valence-corrected chi connectivity index (χ3v) is 2.30. The standard InChI is InChI=1S/C14H25NO4/c1-6-8-19-9-7-11(13(17)18-5)15-12(16)10-14(2,3)4/h6,11H,1,7-10H2,2-5H3,(H,15,16)/t11-/m0/s1. The summed E-state index contributed by atoms with van der Waals surface area (Å²) in [7, 11) is 1.30. The number of amides is 1. The van der Waals surface area contributed by atoms with E-state index in [1.54, 1.807) is 6.08 Å². The number of ether oxygens (including phenoxy) is 2. The highest BCUT2D eigenvalue weighted by atomic mass is 16.5. The Morgan fingerprint density at radius 1 is 1.37 bits per heavy atom. The number of nitrogens with one attached hydrogen (secondary N) is 1. The van der Waals surface area contributed by atoms with Gasteiger partial charge in [0.05, 0.1) is 13.7 Å². The summed E-state index contributed by atoms with van der Waals surface area (Å²) in [5, 5.41) is 2.68. The molecule has 5 nitrogen and oxygen atoms in total. The number of hydrogen-bond acceptors (Lipinski definition) is 4. The number of hydrogen-bond donors (Lipinski definition) is 1. The first-order valence-corrected chi connectivity index (χ1v) is 6.36. The van der Waals surface area contributed by atoms with Crippen LogP contribution in [0.5, 0.6) is 0 Å². The van der Waals surface area contributed by atoms with Crippen LogP contribution >= 0.6 is 0 Å². The van der Waals surface area contributed by atoms with Crippen LogP contribution in [-0.4, -0.2) is 38.2 Å². The Kier molecular flexibility index (Phi) is 8.07. The molecule has 0 saturated heterocycles. The van der Waals surface area contributed by atoms with Gasteiger partial charge in [0.1, 0.15) is 6.04 Å². The largest absolute Gasteiger partial charge is 0.467 e. The zero-order valence-electron chi connectivity index (χ0n) is 12.3. The van der Waals surface area contributed by atoms with Crippen LogP contribution in [-0.2, 0) is 19.1 Å². The number of esters is 1. The third kappa shape index (κ3) is 9.25. The zero-order chi connectivity index (χ0) is 14.9. The molecule has 1 atom stereocenters. The molecular weight excluding hydrogens is 246 g/mol. The van der Waals surface area contributed by atoms with E-state index in [0.29, 0.717) is 26.1 Å². The van der Waals surface area contributed by atoms with E-state index in [1.807, 2.05) is 20.8 Å². The van der Waals surface area contributed by atoms with Gasteiger partial charge >= 0.3 is 5.97 Å². The molecule has 0 aliphatic rings. The van der Waals surface area contributed by atoms with Gasteiger partial charge in [-0.1, -0.05) is 26.8 Å². The number of methoxy groups -OCH3 is 1. The number of carbonyl (C=O) groups excluding carboxylic acids is 2. The molecule has 0 radical (unpaired) electrons. The minimum Gasteiger partial charge on any atom is -0.467 e. The van der Waals surface area contributed by atoms with Crippen molar-refractivity contribution in [2.75, 3.05) is 20.3 Å². The van der Waals surface area contributed by atoms with E-state index in [2.05, 4.69) is 16.6 Å². The molecule has 5 heteroatoms. The minimum atomic E-state index is -0.662. The molecule has 0 saturated carbocycles. The van der Waals surface area contributed by atoms with Crippen LogP contribution in [0, 0.1) is 5.41 Å². The third-order valence-electron chi connectivity index (χ3n) is 2.30. The lowest BCUT2D eigenvalue weighted by Crippen LogP contribution is -2.43. The first-order valence-electron chi connectivity index (χ1n) is 6.36. The van der Waals surface area contributed by atoms with Gasteiger partial charge in [-0.25, -0.2) is 4.79 Å². The van der Waals surface area contributed by atoms with Crippen LogP contribution in [0.15, 0.2) is 12.7 Å². The summed E-state index contributed by atoms with van der Waals surface area (Å²) in [6, 6.07) is -0.662. The van der Waals surface area contributed by atoms with Crippen molar-refractivity contribution in [3.05, 3.63) is 12.7 Å². The van der Waals surface area contributed by atoms with Crippen LogP contribution in [0.3, 0.4) is 0 Å². The van der Waals surface area contributed by atoms with Crippen molar-refractivity contribution >= 4 is 11.9 Å². The van der Waals surface area contributed by atoms with Crippen molar-refractivity contribution < 1.29 is 19.1 Å². The normalized spacial score (nSPS) is 12.6. The van der Waals surface area contributed by atoms with E-state index in [-0.39, 0.29) is 11.3 Å². The van der Waals surface area contributed by atoms with Gasteiger partial charge < -0.3 is 14.8 Å². The molecule has 0 aliphatic carbocycles. The minimum absolute atomic E-state index is 0.121. The second-order valence-corrected chi connectivity index (χ2v) is 5.53. The fourth-order valence-corrected chi connectivity index (χ4v) is 1.49. The van der Waals surface area contributed by atoms with Crippen molar-refractivity contribution in [3.8, 4) is 0 Å². The highest BCUT2D eigenvalue weighted by Gasteiger charge is 2.23. The highest BCUT2D eigenvalue weighted by molar-refractivity contribution is 5.84. The summed E-state index contributed by atoms with van der Waals surface area (Å²) in [5.41, 5.74) is -0.121. The van der Waals surface area contributed by atoms with Gasteiger partial charge in [-0.15, -0.1) is 6.58 Å². The predicted molar refractivity (Wildman–Crippen MR) is 73.7 cm³/mol. The number of carbonyl (C=O) groups is 2. The zero-order valence-corrected chi connectivity index (χ0v) is 12.3. The maximum atomic E-state index is 11.8. The van der Waals surface area contributed by atoms with Gasteiger partial charge in [-0.2, -0.15) is 0 Å². The van der Waals surface area contributed by atoms with Gasteiger partial charge in [-0.05, 0) is 5.41 Å². The van der Waals surface area contributed by atoms with Crippen LogP contribution in [0.4, 0.5) is 0 Å². The molecule has 1 amide bonds. The summed E-state index contributed by atoms with van der Waals surface area (Å²) < 4.78 is 9.88. The predicted octanol–water partition coefficient (Wildman–Crippen LogP) is 1.67. The first-order chi connectivity index (χ1) is 8.80. The van der Waals surface area contributed by atoms with Crippen LogP contribution in [0.25, 0.3) is 0 Å². The molecule has 0 spiro atoms. The molecule has 0 aromatic heterocycles. The maximum Gasteiger partial charge on any atom is 0.328 e. The molecule has 0 aromatic carbocycles. The summed E-state index contributed by atoms with van der Waals surface area (Å²) in [5.74, 6) is -0.615. The molecule has 0 unspecified atom stereocenters. The average molecular weight is 271 g/mol. The quantitative estimate of drug-likeness (QED) is 0.414. The Labute approximate surface area is 115 Å². The van der Waals surface area contributed by atoms with Gasteiger partial charge in [-0.3, -0.25) is 4.79 Å². The van der Waals surface area contributed by atoms with Crippen molar-refractivity contribution in [1.82, 2.24) is 5.32 Å². The fourth-order valence-electron chi connectivity index (χ4n) is 1.49. The lowest BCUT2D eigenvalue weighted by atomic mass is 9.92. The van der Waals surface area contributed by atoms with Crippen molar-refractivity contribution in [3.63, 3.8) is 0 Å². The Balaban J connectivity index is 4.30. The van der Waals surface area contributed by atoms with E-state index in [4.69, 9.17) is 4.74 Å². The van der Waals surface area contributed by atoms with E-state index in [9.17, 15) is 9.59 Å². The molecule has 19 heavy (non-hydrogen) atoms. The van der Waals surface area contributed by atoms with Gasteiger partial charge in [0.2, 0.25) is 5.91 Å². The Morgan fingerprint density at radius 3 is 2.47 bits per heavy atom. The molecule has 0 aromatic rings. The SMILES string of the molecule is C=CCOCC[C@H](NC(=O)CC(C)(C)C)C(=O)OC. The second kappa shape index (κ2) is 8.69. The van der Waals surface area contributed by atoms with Gasteiger partial charge in [0, 0.05) is 19.4 Å². The van der Waals surface area contributed by atoms with Crippen molar-refractivity contribution in [1.29, 1.82) is 0 Å². The van der Waals surface area contributed by atoms with Crippen molar-refractivity contribution in [2.45, 2.75) is 39.7 Å². The average Bonchev–Trinajstić information content (AvgIpc) is 2.29. The topological polar surface area (TPSA) is 64.6 Å². The Morgan fingerprint density at radius 2 is 2.00 bits per heavy atom. The van der Waals surface area contributed by atoms with E-state index >= 15 is 0 Å². The summed E-state index contributed by atoms with van der Waals surface area (Å²) in [6.07, 6.45) is 2.37. The second-order valence-electron chi connectivity index (χ2n) is 5.53. The molecule has 0 aliphatic heterocycles. The van der Waals surface area contributed by atoms with Crippen molar-refractivity contribution in [2.24, 2.45) is 5.41 Å². The monoisotopic (exact) mass is 271 g/mol. The van der Waals surface area contributed by atoms with E-state index in [0.717, 1.165) is 0 Å². The highest BCUT2D eigenvalue weighted by Crippen LogP contribution is 2.18. The first kappa shape index (κ1) is 17.6.